The topological polar surface area (TPSA) is 55.6 Å². The molecule has 0 aliphatic carbocycles. The summed E-state index contributed by atoms with van der Waals surface area (Å²) in [6.07, 6.45) is 1.93. The van der Waals surface area contributed by atoms with Gasteiger partial charge in [-0.25, -0.2) is 0 Å². The molecule has 2 N–H and O–H groups in total. The Labute approximate surface area is 91.8 Å². The van der Waals surface area contributed by atoms with Crippen molar-refractivity contribution >= 4 is 5.91 Å². The van der Waals surface area contributed by atoms with Gasteiger partial charge in [0.05, 0.1) is 18.2 Å². The fraction of sp³-hybridized carbons (Fsp3) is 0.909. The zero-order chi connectivity index (χ0) is 11.4. The third-order valence-corrected chi connectivity index (χ3v) is 2.85. The summed E-state index contributed by atoms with van der Waals surface area (Å²) >= 11 is 0. The zero-order valence-corrected chi connectivity index (χ0v) is 9.90. The molecule has 4 heteroatoms. The minimum absolute atomic E-state index is 0.0612. The first-order chi connectivity index (χ1) is 7.08. The van der Waals surface area contributed by atoms with Gasteiger partial charge in [-0.05, 0) is 19.8 Å². The van der Waals surface area contributed by atoms with Gasteiger partial charge in [-0.2, -0.15) is 0 Å². The van der Waals surface area contributed by atoms with E-state index in [1.165, 1.54) is 0 Å². The van der Waals surface area contributed by atoms with Crippen LogP contribution < -0.4 is 5.73 Å². The van der Waals surface area contributed by atoms with Crippen molar-refractivity contribution in [3.05, 3.63) is 0 Å². The van der Waals surface area contributed by atoms with Crippen LogP contribution in [-0.4, -0.2) is 42.1 Å². The Morgan fingerprint density at radius 2 is 2.20 bits per heavy atom. The molecule has 1 amide bonds. The van der Waals surface area contributed by atoms with Gasteiger partial charge in [0.25, 0.3) is 0 Å². The molecule has 2 unspecified atom stereocenters. The Hall–Kier alpha value is -0.610. The third-order valence-electron chi connectivity index (χ3n) is 2.85. The van der Waals surface area contributed by atoms with Crippen LogP contribution in [0, 0.1) is 0 Å². The van der Waals surface area contributed by atoms with Gasteiger partial charge >= 0.3 is 0 Å². The number of ether oxygens (including phenoxy) is 1. The van der Waals surface area contributed by atoms with E-state index in [9.17, 15) is 4.79 Å². The molecular formula is C11H22N2O2. The molecule has 0 saturated carbocycles. The van der Waals surface area contributed by atoms with E-state index in [0.29, 0.717) is 19.5 Å². The number of rotatable bonds is 3. The molecule has 0 aromatic rings. The van der Waals surface area contributed by atoms with Crippen LogP contribution in [0.15, 0.2) is 0 Å². The lowest BCUT2D eigenvalue weighted by Gasteiger charge is -2.37. The highest BCUT2D eigenvalue weighted by molar-refractivity contribution is 5.81. The Balaban J connectivity index is 2.57. The summed E-state index contributed by atoms with van der Waals surface area (Å²) in [6, 6.07) is -0.354. The van der Waals surface area contributed by atoms with Crippen molar-refractivity contribution < 1.29 is 9.53 Å². The summed E-state index contributed by atoms with van der Waals surface area (Å²) < 4.78 is 5.69. The first kappa shape index (κ1) is 12.5. The lowest BCUT2D eigenvalue weighted by Crippen LogP contribution is -2.53. The number of carbonyl (C=O) groups is 1. The molecule has 0 bridgehead atoms. The summed E-state index contributed by atoms with van der Waals surface area (Å²) in [5, 5.41) is 0. The van der Waals surface area contributed by atoms with Crippen LogP contribution in [0.4, 0.5) is 0 Å². The molecule has 0 radical (unpaired) electrons. The minimum Gasteiger partial charge on any atom is -0.372 e. The average molecular weight is 214 g/mol. The SMILES string of the molecule is CCC1CN(C(=O)[C@@H](N)CC)CC(C)O1. The normalized spacial score (nSPS) is 28.9. The van der Waals surface area contributed by atoms with Crippen LogP contribution in [0.2, 0.25) is 0 Å². The monoisotopic (exact) mass is 214 g/mol. The molecule has 0 aromatic heterocycles. The molecule has 4 nitrogen and oxygen atoms in total. The summed E-state index contributed by atoms with van der Waals surface area (Å²) in [6.45, 7) is 7.37. The van der Waals surface area contributed by atoms with Crippen molar-refractivity contribution in [2.24, 2.45) is 5.73 Å². The largest absolute Gasteiger partial charge is 0.372 e. The summed E-state index contributed by atoms with van der Waals surface area (Å²) in [4.78, 5) is 13.7. The van der Waals surface area contributed by atoms with Crippen LogP contribution in [0.1, 0.15) is 33.6 Å². The van der Waals surface area contributed by atoms with Crippen LogP contribution in [0.3, 0.4) is 0 Å². The van der Waals surface area contributed by atoms with E-state index in [-0.39, 0.29) is 24.2 Å². The van der Waals surface area contributed by atoms with Gasteiger partial charge in [-0.15, -0.1) is 0 Å². The van der Waals surface area contributed by atoms with E-state index >= 15 is 0 Å². The molecule has 1 heterocycles. The van der Waals surface area contributed by atoms with Crippen LogP contribution >= 0.6 is 0 Å². The molecule has 3 atom stereocenters. The van der Waals surface area contributed by atoms with Gasteiger partial charge in [-0.3, -0.25) is 4.79 Å². The number of carbonyl (C=O) groups excluding carboxylic acids is 1. The molecule has 1 saturated heterocycles. The third kappa shape index (κ3) is 3.18. The first-order valence-corrected chi connectivity index (χ1v) is 5.78. The predicted octanol–water partition coefficient (Wildman–Crippen LogP) is 0.750. The Kier molecular flexibility index (Phi) is 4.54. The van der Waals surface area contributed by atoms with Crippen LogP contribution in [0.25, 0.3) is 0 Å². The second kappa shape index (κ2) is 5.47. The maximum atomic E-state index is 11.9. The fourth-order valence-corrected chi connectivity index (χ4v) is 1.86. The summed E-state index contributed by atoms with van der Waals surface area (Å²) in [7, 11) is 0. The average Bonchev–Trinajstić information content (AvgIpc) is 2.26. The van der Waals surface area contributed by atoms with Crippen LogP contribution in [-0.2, 0) is 9.53 Å². The molecule has 1 aliphatic rings. The number of hydrogen-bond acceptors (Lipinski definition) is 3. The van der Waals surface area contributed by atoms with Crippen molar-refractivity contribution in [3.8, 4) is 0 Å². The summed E-state index contributed by atoms with van der Waals surface area (Å²) in [5.74, 6) is 0.0612. The van der Waals surface area contributed by atoms with Crippen molar-refractivity contribution in [1.82, 2.24) is 4.90 Å². The Morgan fingerprint density at radius 1 is 1.53 bits per heavy atom. The van der Waals surface area contributed by atoms with Crippen molar-refractivity contribution in [2.45, 2.75) is 51.9 Å². The summed E-state index contributed by atoms with van der Waals surface area (Å²) in [5.41, 5.74) is 5.75. The standard InChI is InChI=1S/C11H22N2O2/c1-4-9-7-13(6-8(3)15-9)11(14)10(12)5-2/h8-10H,4-7,12H2,1-3H3/t8?,9?,10-/m0/s1. The molecule has 1 rings (SSSR count). The van der Waals surface area contributed by atoms with E-state index in [0.717, 1.165) is 6.42 Å². The smallest absolute Gasteiger partial charge is 0.239 e. The first-order valence-electron chi connectivity index (χ1n) is 5.78. The fourth-order valence-electron chi connectivity index (χ4n) is 1.86. The number of amides is 1. The second-order valence-corrected chi connectivity index (χ2v) is 4.23. The lowest BCUT2D eigenvalue weighted by atomic mass is 10.1. The molecule has 1 aliphatic heterocycles. The number of nitrogens with zero attached hydrogens (tertiary/aromatic N) is 1. The number of nitrogens with two attached hydrogens (primary N) is 1. The van der Waals surface area contributed by atoms with Gasteiger partial charge in [-0.1, -0.05) is 13.8 Å². The maximum absolute atomic E-state index is 11.9. The Morgan fingerprint density at radius 3 is 2.73 bits per heavy atom. The van der Waals surface area contributed by atoms with Crippen molar-refractivity contribution in [1.29, 1.82) is 0 Å². The number of hydrogen-bond donors (Lipinski definition) is 1. The predicted molar refractivity (Wildman–Crippen MR) is 59.5 cm³/mol. The second-order valence-electron chi connectivity index (χ2n) is 4.23. The molecule has 0 spiro atoms. The quantitative estimate of drug-likeness (QED) is 0.754. The lowest BCUT2D eigenvalue weighted by molar-refractivity contribution is -0.145. The van der Waals surface area contributed by atoms with Gasteiger partial charge in [0.1, 0.15) is 0 Å². The van der Waals surface area contributed by atoms with E-state index in [1.54, 1.807) is 0 Å². The number of morpholine rings is 1. The molecule has 15 heavy (non-hydrogen) atoms. The molecule has 0 aromatic carbocycles. The maximum Gasteiger partial charge on any atom is 0.239 e. The van der Waals surface area contributed by atoms with Gasteiger partial charge < -0.3 is 15.4 Å². The molecule has 88 valence electrons. The van der Waals surface area contributed by atoms with Crippen molar-refractivity contribution in [3.63, 3.8) is 0 Å². The molecular weight excluding hydrogens is 192 g/mol. The van der Waals surface area contributed by atoms with Gasteiger partial charge in [0.15, 0.2) is 0 Å². The van der Waals surface area contributed by atoms with E-state index < -0.39 is 0 Å². The van der Waals surface area contributed by atoms with E-state index in [4.69, 9.17) is 10.5 Å². The van der Waals surface area contributed by atoms with Crippen LogP contribution in [0.5, 0.6) is 0 Å². The van der Waals surface area contributed by atoms with Crippen molar-refractivity contribution in [2.75, 3.05) is 13.1 Å². The molecule has 1 fully saturated rings. The Bertz CT molecular complexity index is 221. The van der Waals surface area contributed by atoms with Gasteiger partial charge in [0, 0.05) is 13.1 Å². The van der Waals surface area contributed by atoms with Gasteiger partial charge in [0.2, 0.25) is 5.91 Å². The highest BCUT2D eigenvalue weighted by Crippen LogP contribution is 2.14. The zero-order valence-electron chi connectivity index (χ0n) is 9.90. The highest BCUT2D eigenvalue weighted by Gasteiger charge is 2.29. The minimum atomic E-state index is -0.354. The highest BCUT2D eigenvalue weighted by atomic mass is 16.5. The van der Waals surface area contributed by atoms with E-state index in [1.807, 2.05) is 18.7 Å². The van der Waals surface area contributed by atoms with E-state index in [2.05, 4.69) is 6.92 Å².